The number of amidine groups is 1. The van der Waals surface area contributed by atoms with Crippen molar-refractivity contribution in [2.45, 2.75) is 19.0 Å². The first kappa shape index (κ1) is 29.2. The minimum absolute atomic E-state index is 0.122. The van der Waals surface area contributed by atoms with Gasteiger partial charge in [-0.1, -0.05) is 48.2 Å². The minimum Gasteiger partial charge on any atom is -0.406 e. The number of thioether (sulfide) groups is 1. The molecule has 44 heavy (non-hydrogen) atoms. The maximum absolute atomic E-state index is 13.6. The van der Waals surface area contributed by atoms with Gasteiger partial charge in [0.15, 0.2) is 5.17 Å². The van der Waals surface area contributed by atoms with E-state index in [4.69, 9.17) is 0 Å². The molecule has 1 aliphatic rings. The number of carbonyl (C=O) groups is 2. The Balaban J connectivity index is 1.24. The monoisotopic (exact) mass is 628 g/mol. The van der Waals surface area contributed by atoms with Gasteiger partial charge in [0.25, 0.3) is 5.91 Å². The average molecular weight is 629 g/mol. The molecule has 7 nitrogen and oxygen atoms in total. The molecule has 0 saturated carbocycles. The molecular weight excluding hydrogens is 610 g/mol. The number of aromatic nitrogens is 2. The number of hydrogen-bond donors (Lipinski definition) is 0. The number of hydrogen-bond acceptors (Lipinski definition) is 5. The number of amides is 2. The number of anilines is 1. The Kier molecular flexibility index (Phi) is 7.32. The van der Waals surface area contributed by atoms with Crippen molar-refractivity contribution in [2.24, 2.45) is 4.99 Å². The van der Waals surface area contributed by atoms with Crippen LogP contribution in [0.5, 0.6) is 5.75 Å². The summed E-state index contributed by atoms with van der Waals surface area (Å²) < 4.78 is 83.9. The van der Waals surface area contributed by atoms with Gasteiger partial charge in [-0.25, -0.2) is 4.98 Å². The summed E-state index contributed by atoms with van der Waals surface area (Å²) in [4.78, 5) is 34.7. The van der Waals surface area contributed by atoms with Crippen LogP contribution < -0.4 is 9.64 Å². The molecule has 1 aliphatic heterocycles. The van der Waals surface area contributed by atoms with Crippen molar-refractivity contribution in [1.29, 1.82) is 0 Å². The van der Waals surface area contributed by atoms with Crippen molar-refractivity contribution in [3.05, 3.63) is 96.3 Å². The van der Waals surface area contributed by atoms with Crippen molar-refractivity contribution < 1.29 is 40.7 Å². The molecule has 1 aromatic heterocycles. The highest BCUT2D eigenvalue weighted by Gasteiger charge is 2.39. The Labute approximate surface area is 248 Å². The lowest BCUT2D eigenvalue weighted by molar-refractivity contribution is -0.274. The van der Waals surface area contributed by atoms with E-state index in [0.29, 0.717) is 22.3 Å². The summed E-state index contributed by atoms with van der Waals surface area (Å²) in [5.74, 6) is -1.75. The molecule has 5 aromatic rings. The van der Waals surface area contributed by atoms with Gasteiger partial charge >= 0.3 is 12.5 Å². The first-order chi connectivity index (χ1) is 20.9. The van der Waals surface area contributed by atoms with Crippen molar-refractivity contribution in [2.75, 3.05) is 10.7 Å². The summed E-state index contributed by atoms with van der Waals surface area (Å²) in [5, 5.41) is 1.39. The summed E-state index contributed by atoms with van der Waals surface area (Å²) >= 11 is 0.890. The fraction of sp³-hybridized carbons (Fsp3) is 0.133. The molecule has 0 spiro atoms. The van der Waals surface area contributed by atoms with Gasteiger partial charge in [0.05, 0.1) is 34.5 Å². The second kappa shape index (κ2) is 11.0. The lowest BCUT2D eigenvalue weighted by Gasteiger charge is -2.20. The molecule has 0 unspecified atom stereocenters. The largest absolute Gasteiger partial charge is 0.573 e. The van der Waals surface area contributed by atoms with Crippen molar-refractivity contribution in [3.63, 3.8) is 0 Å². The zero-order chi connectivity index (χ0) is 31.2. The van der Waals surface area contributed by atoms with Gasteiger partial charge in [-0.3, -0.25) is 19.1 Å². The molecule has 2 heterocycles. The van der Waals surface area contributed by atoms with Crippen LogP contribution in [-0.2, 0) is 22.2 Å². The van der Waals surface area contributed by atoms with Crippen LogP contribution in [0.2, 0.25) is 0 Å². The molecule has 14 heteroatoms. The molecule has 0 N–H and O–H groups in total. The quantitative estimate of drug-likeness (QED) is 0.191. The topological polar surface area (TPSA) is 76.8 Å². The Hall–Kier alpha value is -4.85. The van der Waals surface area contributed by atoms with E-state index in [2.05, 4.69) is 14.7 Å². The maximum atomic E-state index is 13.6. The zero-order valence-electron chi connectivity index (χ0n) is 22.2. The lowest BCUT2D eigenvalue weighted by Crippen LogP contribution is -2.32. The zero-order valence-corrected chi connectivity index (χ0v) is 23.0. The van der Waals surface area contributed by atoms with Crippen LogP contribution in [-0.4, -0.2) is 38.6 Å². The van der Waals surface area contributed by atoms with E-state index in [9.17, 15) is 35.9 Å². The smallest absolute Gasteiger partial charge is 0.406 e. The third-order valence-electron chi connectivity index (χ3n) is 6.74. The van der Waals surface area contributed by atoms with E-state index in [1.165, 1.54) is 36.4 Å². The number of alkyl halides is 6. The number of para-hydroxylation sites is 1. The number of rotatable bonds is 5. The van der Waals surface area contributed by atoms with Gasteiger partial charge in [0, 0.05) is 11.1 Å². The Morgan fingerprint density at radius 2 is 1.70 bits per heavy atom. The number of imidazole rings is 1. The molecule has 2 amide bonds. The molecule has 0 aliphatic carbocycles. The van der Waals surface area contributed by atoms with Crippen molar-refractivity contribution >= 4 is 56.2 Å². The molecular formula is C30H18F6N4O3S. The van der Waals surface area contributed by atoms with Crippen LogP contribution in [0.4, 0.5) is 32.0 Å². The third kappa shape index (κ3) is 5.84. The van der Waals surface area contributed by atoms with Gasteiger partial charge in [-0.15, -0.1) is 13.2 Å². The molecule has 224 valence electrons. The predicted octanol–water partition coefficient (Wildman–Crippen LogP) is 7.30. The van der Waals surface area contributed by atoms with Crippen molar-refractivity contribution in [1.82, 2.24) is 9.55 Å². The summed E-state index contributed by atoms with van der Waals surface area (Å²) in [6, 6.07) is 18.8. The van der Waals surface area contributed by atoms with E-state index in [1.807, 2.05) is 0 Å². The van der Waals surface area contributed by atoms with E-state index in [0.717, 1.165) is 39.6 Å². The van der Waals surface area contributed by atoms with Crippen LogP contribution in [0.3, 0.4) is 0 Å². The normalized spacial score (nSPS) is 15.1. The number of ether oxygens (including phenoxy) is 1. The Morgan fingerprint density at radius 1 is 0.955 bits per heavy atom. The molecule has 0 radical (unpaired) electrons. The molecule has 1 fully saturated rings. The van der Waals surface area contributed by atoms with Crippen LogP contribution in [0.15, 0.2) is 90.2 Å². The van der Waals surface area contributed by atoms with Crippen LogP contribution in [0.1, 0.15) is 11.1 Å². The molecule has 6 rings (SSSR count). The summed E-state index contributed by atoms with van der Waals surface area (Å²) in [5.41, 5.74) is 1.07. The number of halogens is 6. The summed E-state index contributed by atoms with van der Waals surface area (Å²) in [6.07, 6.45) is -8.12. The SMILES string of the molecule is O=C(Cc1ccc2c(ccc3c2ncn3-c2ccc(OC(F)(F)F)cc2)c1)N=C1SCC(=O)N1c1ccccc1C(F)(F)F. The highest BCUT2D eigenvalue weighted by atomic mass is 32.2. The number of benzene rings is 4. The number of nitrogens with zero attached hydrogens (tertiary/aromatic N) is 4. The second-order valence-corrected chi connectivity index (χ2v) is 10.6. The fourth-order valence-corrected chi connectivity index (χ4v) is 5.77. The van der Waals surface area contributed by atoms with Crippen molar-refractivity contribution in [3.8, 4) is 11.4 Å². The average Bonchev–Trinajstić information content (AvgIpc) is 3.55. The Bertz CT molecular complexity index is 1950. The number of fused-ring (bicyclic) bond motifs is 3. The fourth-order valence-electron chi connectivity index (χ4n) is 4.89. The first-order valence-electron chi connectivity index (χ1n) is 12.9. The van der Waals surface area contributed by atoms with Crippen LogP contribution >= 0.6 is 11.8 Å². The van der Waals surface area contributed by atoms with Gasteiger partial charge in [-0.05, 0) is 53.4 Å². The molecule has 1 saturated heterocycles. The molecule has 4 aromatic carbocycles. The molecule has 0 bridgehead atoms. The summed E-state index contributed by atoms with van der Waals surface area (Å²) in [6.45, 7) is 0. The van der Waals surface area contributed by atoms with Gasteiger partial charge in [0.1, 0.15) is 12.1 Å². The summed E-state index contributed by atoms with van der Waals surface area (Å²) in [7, 11) is 0. The van der Waals surface area contributed by atoms with E-state index in [-0.39, 0.29) is 28.8 Å². The van der Waals surface area contributed by atoms with Gasteiger partial charge in [0.2, 0.25) is 5.91 Å². The standard InChI is InChI=1S/C30H18F6N4O3S/c31-29(32,33)22-3-1-2-4-23(22)40-26(42)15-44-28(40)38-25(41)14-17-5-11-21-18(13-17)6-12-24-27(21)37-16-39(24)19-7-9-20(10-8-19)43-30(34,35)36/h1-13,16H,14-15H2. The Morgan fingerprint density at radius 3 is 2.43 bits per heavy atom. The lowest BCUT2D eigenvalue weighted by atomic mass is 10.0. The highest BCUT2D eigenvalue weighted by molar-refractivity contribution is 8.15. The van der Waals surface area contributed by atoms with Gasteiger partial charge in [-0.2, -0.15) is 18.2 Å². The second-order valence-electron chi connectivity index (χ2n) is 9.64. The van der Waals surface area contributed by atoms with Crippen LogP contribution in [0, 0.1) is 0 Å². The van der Waals surface area contributed by atoms with E-state index in [1.54, 1.807) is 41.2 Å². The van der Waals surface area contributed by atoms with E-state index < -0.39 is 29.9 Å². The van der Waals surface area contributed by atoms with E-state index >= 15 is 0 Å². The highest BCUT2D eigenvalue weighted by Crippen LogP contribution is 2.39. The third-order valence-corrected chi connectivity index (χ3v) is 7.66. The maximum Gasteiger partial charge on any atom is 0.573 e. The minimum atomic E-state index is -4.80. The van der Waals surface area contributed by atoms with Crippen LogP contribution in [0.25, 0.3) is 27.5 Å². The molecule has 0 atom stereocenters. The number of carbonyl (C=O) groups excluding carboxylic acids is 2. The first-order valence-corrected chi connectivity index (χ1v) is 13.8. The number of aliphatic imine (C=N–C) groups is 1. The van der Waals surface area contributed by atoms with Gasteiger partial charge < -0.3 is 4.74 Å². The predicted molar refractivity (Wildman–Crippen MR) is 153 cm³/mol.